The van der Waals surface area contributed by atoms with E-state index in [2.05, 4.69) is 43.3 Å². The Balaban J connectivity index is 2.11. The van der Waals surface area contributed by atoms with E-state index in [1.807, 2.05) is 12.1 Å². The zero-order chi connectivity index (χ0) is 11.4. The van der Waals surface area contributed by atoms with Crippen molar-refractivity contribution in [2.75, 3.05) is 5.73 Å². The monoisotopic (exact) mass is 211 g/mol. The van der Waals surface area contributed by atoms with Crippen molar-refractivity contribution in [3.05, 3.63) is 65.2 Å². The fourth-order valence-corrected chi connectivity index (χ4v) is 1.76. The van der Waals surface area contributed by atoms with Crippen LogP contribution in [-0.4, -0.2) is 0 Å². The molecule has 0 aromatic heterocycles. The molecule has 2 rings (SSSR count). The predicted molar refractivity (Wildman–Crippen MR) is 69.5 cm³/mol. The van der Waals surface area contributed by atoms with Gasteiger partial charge in [-0.3, -0.25) is 0 Å². The lowest BCUT2D eigenvalue weighted by molar-refractivity contribution is 1.12. The van der Waals surface area contributed by atoms with E-state index >= 15 is 0 Å². The predicted octanol–water partition coefficient (Wildman–Crippen LogP) is 3.42. The summed E-state index contributed by atoms with van der Waals surface area (Å²) in [5.74, 6) is 0. The highest BCUT2D eigenvalue weighted by molar-refractivity contribution is 5.40. The van der Waals surface area contributed by atoms with Gasteiger partial charge in [0.1, 0.15) is 0 Å². The summed E-state index contributed by atoms with van der Waals surface area (Å²) in [6, 6.07) is 16.9. The van der Waals surface area contributed by atoms with Crippen LogP contribution in [0.15, 0.2) is 48.5 Å². The third-order valence-corrected chi connectivity index (χ3v) is 2.82. The van der Waals surface area contributed by atoms with Crippen molar-refractivity contribution < 1.29 is 0 Å². The second kappa shape index (κ2) is 4.84. The molecule has 0 saturated carbocycles. The van der Waals surface area contributed by atoms with Gasteiger partial charge in [0.25, 0.3) is 0 Å². The minimum atomic E-state index is 0.824. The van der Waals surface area contributed by atoms with Crippen LogP contribution >= 0.6 is 0 Å². The van der Waals surface area contributed by atoms with Crippen molar-refractivity contribution in [1.29, 1.82) is 0 Å². The van der Waals surface area contributed by atoms with Crippen LogP contribution in [0.2, 0.25) is 0 Å². The smallest absolute Gasteiger partial charge is 0.0314 e. The number of hydrogen-bond acceptors (Lipinski definition) is 1. The van der Waals surface area contributed by atoms with Crippen molar-refractivity contribution in [2.24, 2.45) is 0 Å². The molecule has 0 saturated heterocycles. The Kier molecular flexibility index (Phi) is 3.25. The highest BCUT2D eigenvalue weighted by atomic mass is 14.5. The summed E-state index contributed by atoms with van der Waals surface area (Å²) in [4.78, 5) is 0. The Morgan fingerprint density at radius 2 is 1.19 bits per heavy atom. The molecule has 0 fully saturated rings. The fourth-order valence-electron chi connectivity index (χ4n) is 1.76. The minimum absolute atomic E-state index is 0.824. The Labute approximate surface area is 96.9 Å². The van der Waals surface area contributed by atoms with Crippen LogP contribution in [0.3, 0.4) is 0 Å². The van der Waals surface area contributed by atoms with Gasteiger partial charge in [-0.05, 0) is 41.7 Å². The van der Waals surface area contributed by atoms with E-state index in [-0.39, 0.29) is 0 Å². The zero-order valence-electron chi connectivity index (χ0n) is 9.61. The van der Waals surface area contributed by atoms with E-state index in [0.29, 0.717) is 0 Å². The number of aryl methyl sites for hydroxylation is 1. The van der Waals surface area contributed by atoms with Gasteiger partial charge in [-0.1, -0.05) is 43.3 Å². The third kappa shape index (κ3) is 2.63. The third-order valence-electron chi connectivity index (χ3n) is 2.82. The number of nitrogen functional groups attached to an aromatic ring is 1. The van der Waals surface area contributed by atoms with Gasteiger partial charge in [-0.15, -0.1) is 0 Å². The molecule has 16 heavy (non-hydrogen) atoms. The summed E-state index contributed by atoms with van der Waals surface area (Å²) in [6.07, 6.45) is 2.08. The van der Waals surface area contributed by atoms with Gasteiger partial charge in [0.05, 0.1) is 0 Å². The van der Waals surface area contributed by atoms with Crippen molar-refractivity contribution in [3.8, 4) is 0 Å². The SMILES string of the molecule is CCc1ccc(Cc2ccc(N)cc2)cc1. The van der Waals surface area contributed by atoms with Gasteiger partial charge >= 0.3 is 0 Å². The lowest BCUT2D eigenvalue weighted by Gasteiger charge is -2.03. The molecular formula is C15H17N. The molecule has 0 radical (unpaired) electrons. The first-order chi connectivity index (χ1) is 7.78. The molecule has 2 N–H and O–H groups in total. The number of anilines is 1. The van der Waals surface area contributed by atoms with Crippen LogP contribution in [0.1, 0.15) is 23.6 Å². The molecule has 0 unspecified atom stereocenters. The molecule has 0 heterocycles. The second-order valence-electron chi connectivity index (χ2n) is 4.09. The van der Waals surface area contributed by atoms with E-state index in [0.717, 1.165) is 18.5 Å². The minimum Gasteiger partial charge on any atom is -0.399 e. The summed E-state index contributed by atoms with van der Waals surface area (Å²) in [5, 5.41) is 0. The largest absolute Gasteiger partial charge is 0.399 e. The maximum atomic E-state index is 5.66. The Morgan fingerprint density at radius 3 is 1.69 bits per heavy atom. The van der Waals surface area contributed by atoms with E-state index < -0.39 is 0 Å². The van der Waals surface area contributed by atoms with E-state index in [4.69, 9.17) is 5.73 Å². The van der Waals surface area contributed by atoms with Gasteiger partial charge in [0.2, 0.25) is 0 Å². The van der Waals surface area contributed by atoms with Crippen LogP contribution in [0.25, 0.3) is 0 Å². The van der Waals surface area contributed by atoms with Crippen LogP contribution in [0, 0.1) is 0 Å². The molecule has 82 valence electrons. The lowest BCUT2D eigenvalue weighted by Crippen LogP contribution is -1.90. The fraction of sp³-hybridized carbons (Fsp3) is 0.200. The first kappa shape index (κ1) is 10.7. The second-order valence-corrected chi connectivity index (χ2v) is 4.09. The average Bonchev–Trinajstić information content (AvgIpc) is 2.33. The van der Waals surface area contributed by atoms with Crippen LogP contribution in [0.5, 0.6) is 0 Å². The summed E-state index contributed by atoms with van der Waals surface area (Å²) < 4.78 is 0. The van der Waals surface area contributed by atoms with Gasteiger partial charge < -0.3 is 5.73 Å². The van der Waals surface area contributed by atoms with Crippen molar-refractivity contribution in [2.45, 2.75) is 19.8 Å². The number of rotatable bonds is 3. The van der Waals surface area contributed by atoms with Crippen molar-refractivity contribution >= 4 is 5.69 Å². The molecule has 0 spiro atoms. The highest BCUT2D eigenvalue weighted by Crippen LogP contribution is 2.12. The lowest BCUT2D eigenvalue weighted by atomic mass is 10.0. The summed E-state index contributed by atoms with van der Waals surface area (Å²) >= 11 is 0. The highest BCUT2D eigenvalue weighted by Gasteiger charge is 1.96. The quantitative estimate of drug-likeness (QED) is 0.773. The Bertz CT molecular complexity index is 440. The van der Waals surface area contributed by atoms with E-state index in [9.17, 15) is 0 Å². The summed E-state index contributed by atoms with van der Waals surface area (Å²) in [7, 11) is 0. The average molecular weight is 211 g/mol. The first-order valence-corrected chi connectivity index (χ1v) is 5.70. The first-order valence-electron chi connectivity index (χ1n) is 5.70. The molecule has 2 aromatic rings. The molecule has 0 aliphatic heterocycles. The molecule has 1 nitrogen and oxygen atoms in total. The molecule has 2 aromatic carbocycles. The van der Waals surface area contributed by atoms with Crippen molar-refractivity contribution in [1.82, 2.24) is 0 Å². The van der Waals surface area contributed by atoms with Crippen LogP contribution in [0.4, 0.5) is 5.69 Å². The number of benzene rings is 2. The number of nitrogens with two attached hydrogens (primary N) is 1. The van der Waals surface area contributed by atoms with Gasteiger partial charge in [0.15, 0.2) is 0 Å². The van der Waals surface area contributed by atoms with Crippen LogP contribution < -0.4 is 5.73 Å². The zero-order valence-corrected chi connectivity index (χ0v) is 9.61. The van der Waals surface area contributed by atoms with Gasteiger partial charge in [0, 0.05) is 5.69 Å². The Hall–Kier alpha value is -1.76. The molecule has 0 aliphatic rings. The molecular weight excluding hydrogens is 194 g/mol. The normalized spacial score (nSPS) is 10.3. The van der Waals surface area contributed by atoms with E-state index in [1.54, 1.807) is 0 Å². The molecule has 0 aliphatic carbocycles. The topological polar surface area (TPSA) is 26.0 Å². The van der Waals surface area contributed by atoms with Crippen molar-refractivity contribution in [3.63, 3.8) is 0 Å². The molecule has 0 atom stereocenters. The van der Waals surface area contributed by atoms with Crippen LogP contribution in [-0.2, 0) is 12.8 Å². The summed E-state index contributed by atoms with van der Waals surface area (Å²) in [5.41, 5.74) is 10.5. The summed E-state index contributed by atoms with van der Waals surface area (Å²) in [6.45, 7) is 2.18. The Morgan fingerprint density at radius 1 is 0.750 bits per heavy atom. The van der Waals surface area contributed by atoms with Gasteiger partial charge in [-0.2, -0.15) is 0 Å². The maximum absolute atomic E-state index is 5.66. The van der Waals surface area contributed by atoms with Gasteiger partial charge in [-0.25, -0.2) is 0 Å². The molecule has 0 bridgehead atoms. The molecule has 0 amide bonds. The standard InChI is InChI=1S/C15H17N/c1-2-12-3-5-13(6-4-12)11-14-7-9-15(16)10-8-14/h3-10H,2,11,16H2,1H3. The number of hydrogen-bond donors (Lipinski definition) is 1. The van der Waals surface area contributed by atoms with E-state index in [1.165, 1.54) is 16.7 Å². The maximum Gasteiger partial charge on any atom is 0.0314 e. The molecule has 1 heteroatoms.